The van der Waals surface area contributed by atoms with E-state index in [-0.39, 0.29) is 5.91 Å². The number of hydrogen-bond donors (Lipinski definition) is 0. The molecule has 0 radical (unpaired) electrons. The molecule has 6 nitrogen and oxygen atoms in total. The fourth-order valence-electron chi connectivity index (χ4n) is 5.57. The van der Waals surface area contributed by atoms with Crippen molar-refractivity contribution in [2.45, 2.75) is 50.9 Å². The predicted octanol–water partition coefficient (Wildman–Crippen LogP) is 4.20. The van der Waals surface area contributed by atoms with E-state index in [1.54, 1.807) is 0 Å². The third-order valence-electron chi connectivity index (χ3n) is 7.37. The van der Waals surface area contributed by atoms with Crippen molar-refractivity contribution in [3.63, 3.8) is 0 Å². The van der Waals surface area contributed by atoms with E-state index in [1.807, 2.05) is 31.2 Å². The average Bonchev–Trinajstić information content (AvgIpc) is 3.52. The first kappa shape index (κ1) is 21.5. The van der Waals surface area contributed by atoms with E-state index in [4.69, 9.17) is 21.6 Å². The fourth-order valence-corrected chi connectivity index (χ4v) is 5.70. The molecule has 1 aliphatic carbocycles. The number of hydrogen-bond acceptors (Lipinski definition) is 5. The third-order valence-corrected chi connectivity index (χ3v) is 7.62. The minimum absolute atomic E-state index is 0.278. The Bertz CT molecular complexity index is 959. The lowest BCUT2D eigenvalue weighted by atomic mass is 9.77. The Morgan fingerprint density at radius 3 is 2.19 bits per heavy atom. The van der Waals surface area contributed by atoms with E-state index in [0.29, 0.717) is 13.1 Å². The number of carbonyl (C=O) groups is 1. The van der Waals surface area contributed by atoms with Crippen LogP contribution >= 0.6 is 11.6 Å². The molecule has 2 aliphatic heterocycles. The van der Waals surface area contributed by atoms with Crippen LogP contribution in [0.2, 0.25) is 5.02 Å². The molecule has 2 saturated heterocycles. The minimum atomic E-state index is -0.393. The van der Waals surface area contributed by atoms with Crippen LogP contribution in [0.4, 0.5) is 11.8 Å². The second-order valence-corrected chi connectivity index (χ2v) is 9.87. The molecule has 3 aliphatic rings. The van der Waals surface area contributed by atoms with E-state index in [1.165, 1.54) is 12.8 Å². The molecule has 1 saturated carbocycles. The molecule has 0 bridgehead atoms. The van der Waals surface area contributed by atoms with E-state index >= 15 is 0 Å². The van der Waals surface area contributed by atoms with Crippen molar-refractivity contribution in [1.82, 2.24) is 14.9 Å². The number of amides is 1. The minimum Gasteiger partial charge on any atom is -0.356 e. The van der Waals surface area contributed by atoms with Gasteiger partial charge in [0, 0.05) is 56.1 Å². The largest absolute Gasteiger partial charge is 0.356 e. The Hall–Kier alpha value is -2.34. The van der Waals surface area contributed by atoms with Crippen molar-refractivity contribution >= 4 is 29.3 Å². The summed E-state index contributed by atoms with van der Waals surface area (Å²) >= 11 is 6.11. The van der Waals surface area contributed by atoms with Gasteiger partial charge in [-0.1, -0.05) is 36.6 Å². The lowest BCUT2D eigenvalue weighted by Gasteiger charge is -2.40. The van der Waals surface area contributed by atoms with E-state index in [2.05, 4.69) is 20.8 Å². The van der Waals surface area contributed by atoms with Crippen molar-refractivity contribution < 1.29 is 4.79 Å². The number of rotatable bonds is 4. The smallest absolute Gasteiger partial charge is 0.233 e. The van der Waals surface area contributed by atoms with Gasteiger partial charge in [-0.05, 0) is 50.3 Å². The second-order valence-electron chi connectivity index (χ2n) is 9.44. The Balaban J connectivity index is 1.30. The summed E-state index contributed by atoms with van der Waals surface area (Å²) in [5.41, 5.74) is 1.72. The SMILES string of the molecule is Cc1cc(N2CCCC2)nc(N2CCN(C(=O)C3(c4ccc(Cl)cc4)CCCC3)CC2)n1. The Morgan fingerprint density at radius 1 is 0.875 bits per heavy atom. The lowest BCUT2D eigenvalue weighted by Crippen LogP contribution is -2.54. The van der Waals surface area contributed by atoms with Gasteiger partial charge in [0.25, 0.3) is 0 Å². The normalized spacial score (nSPS) is 20.8. The maximum absolute atomic E-state index is 13.8. The summed E-state index contributed by atoms with van der Waals surface area (Å²) < 4.78 is 0. The van der Waals surface area contributed by atoms with Gasteiger partial charge >= 0.3 is 0 Å². The molecule has 0 spiro atoms. The van der Waals surface area contributed by atoms with Crippen LogP contribution in [-0.4, -0.2) is 60.0 Å². The standard InChI is InChI=1S/C25H32ClN5O/c1-19-18-22(29-12-4-5-13-29)28-24(27-19)31-16-14-30(15-17-31)23(32)25(10-2-3-11-25)20-6-8-21(26)9-7-20/h6-9,18H,2-5,10-17H2,1H3. The van der Waals surface area contributed by atoms with Gasteiger partial charge in [-0.15, -0.1) is 0 Å². The molecule has 0 N–H and O–H groups in total. The summed E-state index contributed by atoms with van der Waals surface area (Å²) in [7, 11) is 0. The number of piperazine rings is 1. The molecule has 2 aromatic rings. The fraction of sp³-hybridized carbons (Fsp3) is 0.560. The van der Waals surface area contributed by atoms with Crippen LogP contribution in [0.1, 0.15) is 49.8 Å². The quantitative estimate of drug-likeness (QED) is 0.694. The molecule has 7 heteroatoms. The van der Waals surface area contributed by atoms with E-state index in [9.17, 15) is 4.79 Å². The summed E-state index contributed by atoms with van der Waals surface area (Å²) in [6, 6.07) is 10.00. The van der Waals surface area contributed by atoms with Crippen molar-refractivity contribution in [3.8, 4) is 0 Å². The second kappa shape index (κ2) is 8.89. The number of aromatic nitrogens is 2. The number of benzene rings is 1. The highest BCUT2D eigenvalue weighted by Crippen LogP contribution is 2.43. The first-order chi connectivity index (χ1) is 15.5. The lowest BCUT2D eigenvalue weighted by molar-refractivity contribution is -0.137. The maximum Gasteiger partial charge on any atom is 0.233 e. The molecule has 5 rings (SSSR count). The predicted molar refractivity (Wildman–Crippen MR) is 129 cm³/mol. The summed E-state index contributed by atoms with van der Waals surface area (Å²) in [4.78, 5) is 30.0. The zero-order chi connectivity index (χ0) is 22.1. The van der Waals surface area contributed by atoms with Gasteiger partial charge in [-0.25, -0.2) is 4.98 Å². The monoisotopic (exact) mass is 453 g/mol. The maximum atomic E-state index is 13.8. The topological polar surface area (TPSA) is 52.6 Å². The van der Waals surface area contributed by atoms with Crippen molar-refractivity contribution in [2.75, 3.05) is 49.1 Å². The van der Waals surface area contributed by atoms with Gasteiger partial charge < -0.3 is 14.7 Å². The molecule has 3 heterocycles. The Kier molecular flexibility index (Phi) is 5.97. The molecule has 32 heavy (non-hydrogen) atoms. The Morgan fingerprint density at radius 2 is 1.53 bits per heavy atom. The van der Waals surface area contributed by atoms with E-state index < -0.39 is 5.41 Å². The molecular weight excluding hydrogens is 422 g/mol. The first-order valence-corrected chi connectivity index (χ1v) is 12.3. The summed E-state index contributed by atoms with van der Waals surface area (Å²) in [5.74, 6) is 2.11. The highest BCUT2D eigenvalue weighted by Gasteiger charge is 2.45. The number of carbonyl (C=O) groups excluding carboxylic acids is 1. The van der Waals surface area contributed by atoms with Crippen LogP contribution in [-0.2, 0) is 10.2 Å². The molecule has 170 valence electrons. The van der Waals surface area contributed by atoms with Crippen molar-refractivity contribution in [3.05, 3.63) is 46.6 Å². The summed E-state index contributed by atoms with van der Waals surface area (Å²) in [6.07, 6.45) is 6.51. The zero-order valence-electron chi connectivity index (χ0n) is 18.9. The van der Waals surface area contributed by atoms with Crippen molar-refractivity contribution in [2.24, 2.45) is 0 Å². The molecule has 1 aromatic carbocycles. The number of anilines is 2. The van der Waals surface area contributed by atoms with Crippen LogP contribution in [0.15, 0.2) is 30.3 Å². The zero-order valence-corrected chi connectivity index (χ0v) is 19.7. The molecular formula is C25H32ClN5O. The van der Waals surface area contributed by atoms with Crippen LogP contribution in [0.5, 0.6) is 0 Å². The van der Waals surface area contributed by atoms with Gasteiger partial charge in [0.2, 0.25) is 11.9 Å². The van der Waals surface area contributed by atoms with E-state index in [0.717, 1.165) is 79.9 Å². The van der Waals surface area contributed by atoms with Crippen LogP contribution in [0, 0.1) is 6.92 Å². The Labute approximate surface area is 195 Å². The molecule has 1 amide bonds. The molecule has 1 aromatic heterocycles. The highest BCUT2D eigenvalue weighted by molar-refractivity contribution is 6.30. The third kappa shape index (κ3) is 4.05. The molecule has 0 unspecified atom stereocenters. The summed E-state index contributed by atoms with van der Waals surface area (Å²) in [6.45, 7) is 7.15. The molecule has 0 atom stereocenters. The van der Waals surface area contributed by atoms with Crippen LogP contribution < -0.4 is 9.80 Å². The van der Waals surface area contributed by atoms with Crippen LogP contribution in [0.3, 0.4) is 0 Å². The van der Waals surface area contributed by atoms with Crippen LogP contribution in [0.25, 0.3) is 0 Å². The van der Waals surface area contributed by atoms with Gasteiger partial charge in [-0.3, -0.25) is 4.79 Å². The highest BCUT2D eigenvalue weighted by atomic mass is 35.5. The van der Waals surface area contributed by atoms with Gasteiger partial charge in [0.05, 0.1) is 5.41 Å². The number of nitrogens with zero attached hydrogens (tertiary/aromatic N) is 5. The van der Waals surface area contributed by atoms with Gasteiger partial charge in [0.15, 0.2) is 0 Å². The van der Waals surface area contributed by atoms with Crippen molar-refractivity contribution in [1.29, 1.82) is 0 Å². The van der Waals surface area contributed by atoms with Gasteiger partial charge in [0.1, 0.15) is 5.82 Å². The molecule has 3 fully saturated rings. The summed E-state index contributed by atoms with van der Waals surface area (Å²) in [5, 5.41) is 0.717. The first-order valence-electron chi connectivity index (χ1n) is 12.0. The number of halogens is 1. The van der Waals surface area contributed by atoms with Gasteiger partial charge in [-0.2, -0.15) is 4.98 Å². The average molecular weight is 454 g/mol. The number of aryl methyl sites for hydroxylation is 1.